The van der Waals surface area contributed by atoms with Gasteiger partial charge in [-0.05, 0) is 32.2 Å². The van der Waals surface area contributed by atoms with Crippen molar-refractivity contribution in [1.82, 2.24) is 10.2 Å². The molecule has 2 N–H and O–H groups in total. The normalized spacial score (nSPS) is 18.8. The van der Waals surface area contributed by atoms with E-state index in [-0.39, 0.29) is 16.8 Å². The summed E-state index contributed by atoms with van der Waals surface area (Å²) in [5.41, 5.74) is 0. The Morgan fingerprint density at radius 2 is 1.92 bits per heavy atom. The molecule has 0 aromatic heterocycles. The first-order valence-electron chi connectivity index (χ1n) is 3.90. The Morgan fingerprint density at radius 3 is 2.33 bits per heavy atom. The van der Waals surface area contributed by atoms with Crippen LogP contribution in [0.25, 0.3) is 0 Å². The molecule has 3 unspecified atom stereocenters. The van der Waals surface area contributed by atoms with E-state index >= 15 is 0 Å². The molecule has 74 valence electrons. The molecule has 0 aromatic rings. The van der Waals surface area contributed by atoms with Crippen molar-refractivity contribution >= 4 is 35.0 Å². The van der Waals surface area contributed by atoms with Crippen molar-refractivity contribution in [3.05, 3.63) is 0 Å². The molecule has 0 rings (SSSR count). The maximum Gasteiger partial charge on any atom is 0.0501 e. The Morgan fingerprint density at radius 1 is 1.33 bits per heavy atom. The van der Waals surface area contributed by atoms with E-state index < -0.39 is 0 Å². The van der Waals surface area contributed by atoms with Crippen molar-refractivity contribution in [2.45, 2.75) is 30.1 Å². The van der Waals surface area contributed by atoms with Crippen LogP contribution >= 0.6 is 35.0 Å². The monoisotopic (exact) mass is 232 g/mol. The Balaban J connectivity index is 3.59. The molecular formula is C7H15Cl3N2. The number of halogens is 3. The minimum absolute atomic E-state index is 0.0131. The van der Waals surface area contributed by atoms with Crippen molar-refractivity contribution in [2.24, 2.45) is 0 Å². The standard InChI is InChI=1S/C7H15Cl3N2/c1-5(11-2)7(9)3-6(8)4-12-10/h5-7,11-12H,3-4H2,1-2H3. The smallest absolute Gasteiger partial charge is 0.0501 e. The zero-order valence-corrected chi connectivity index (χ0v) is 9.55. The summed E-state index contributed by atoms with van der Waals surface area (Å²) in [7, 11) is 1.88. The first-order chi connectivity index (χ1) is 5.61. The molecular weight excluding hydrogens is 218 g/mol. The summed E-state index contributed by atoms with van der Waals surface area (Å²) in [4.78, 5) is 2.49. The van der Waals surface area contributed by atoms with Crippen molar-refractivity contribution in [2.75, 3.05) is 13.6 Å². The van der Waals surface area contributed by atoms with Gasteiger partial charge in [0, 0.05) is 18.0 Å². The summed E-state index contributed by atoms with van der Waals surface area (Å²) in [6, 6.07) is 0.267. The number of alkyl halides is 2. The van der Waals surface area contributed by atoms with Gasteiger partial charge in [-0.15, -0.1) is 23.2 Å². The molecule has 2 nitrogen and oxygen atoms in total. The van der Waals surface area contributed by atoms with Gasteiger partial charge in [0.1, 0.15) is 0 Å². The molecule has 0 aliphatic heterocycles. The lowest BCUT2D eigenvalue weighted by Gasteiger charge is -2.19. The van der Waals surface area contributed by atoms with Crippen LogP contribution in [0.5, 0.6) is 0 Å². The molecule has 0 radical (unpaired) electrons. The largest absolute Gasteiger partial charge is 0.316 e. The lowest BCUT2D eigenvalue weighted by Crippen LogP contribution is -2.34. The van der Waals surface area contributed by atoms with Crippen LogP contribution in [0.4, 0.5) is 0 Å². The topological polar surface area (TPSA) is 24.1 Å². The number of rotatable bonds is 6. The third-order valence-electron chi connectivity index (χ3n) is 1.78. The molecule has 0 amide bonds. The van der Waals surface area contributed by atoms with E-state index in [2.05, 4.69) is 10.2 Å². The predicted octanol–water partition coefficient (Wildman–Crippen LogP) is 1.94. The van der Waals surface area contributed by atoms with E-state index in [1.165, 1.54) is 0 Å². The molecule has 3 atom stereocenters. The minimum Gasteiger partial charge on any atom is -0.316 e. The van der Waals surface area contributed by atoms with E-state index in [9.17, 15) is 0 Å². The second-order valence-corrected chi connectivity index (χ2v) is 4.21. The van der Waals surface area contributed by atoms with Gasteiger partial charge in [0.2, 0.25) is 0 Å². The van der Waals surface area contributed by atoms with Gasteiger partial charge in [0.25, 0.3) is 0 Å². The van der Waals surface area contributed by atoms with E-state index in [4.69, 9.17) is 35.0 Å². The van der Waals surface area contributed by atoms with Crippen LogP contribution in [0.15, 0.2) is 0 Å². The van der Waals surface area contributed by atoms with Gasteiger partial charge >= 0.3 is 0 Å². The molecule has 0 aliphatic rings. The first-order valence-corrected chi connectivity index (χ1v) is 5.15. The zero-order chi connectivity index (χ0) is 9.56. The molecule has 5 heteroatoms. The second kappa shape index (κ2) is 7.22. The van der Waals surface area contributed by atoms with Crippen LogP contribution in [-0.4, -0.2) is 30.4 Å². The third-order valence-corrected chi connectivity index (χ3v) is 2.82. The molecule has 0 bridgehead atoms. The maximum absolute atomic E-state index is 6.04. The Bertz CT molecular complexity index is 113. The second-order valence-electron chi connectivity index (χ2n) is 2.76. The highest BCUT2D eigenvalue weighted by molar-refractivity contribution is 6.24. The van der Waals surface area contributed by atoms with E-state index in [1.807, 2.05) is 14.0 Å². The molecule has 12 heavy (non-hydrogen) atoms. The van der Waals surface area contributed by atoms with Crippen LogP contribution in [0.2, 0.25) is 0 Å². The Kier molecular flexibility index (Phi) is 7.69. The molecule has 0 heterocycles. The molecule has 0 aliphatic carbocycles. The van der Waals surface area contributed by atoms with Crippen LogP contribution in [0.1, 0.15) is 13.3 Å². The Labute approximate surface area is 89.1 Å². The fraction of sp³-hybridized carbons (Fsp3) is 1.00. The van der Waals surface area contributed by atoms with Gasteiger partial charge < -0.3 is 5.32 Å². The molecule has 0 aromatic carbocycles. The highest BCUT2D eigenvalue weighted by Gasteiger charge is 2.16. The van der Waals surface area contributed by atoms with Crippen LogP contribution in [0.3, 0.4) is 0 Å². The van der Waals surface area contributed by atoms with Gasteiger partial charge in [-0.2, -0.15) is 0 Å². The summed E-state index contributed by atoms with van der Waals surface area (Å²) in [5, 5.41) is 3.10. The molecule has 0 saturated heterocycles. The van der Waals surface area contributed by atoms with Gasteiger partial charge in [-0.25, -0.2) is 4.84 Å². The number of hydrogen-bond donors (Lipinski definition) is 2. The maximum atomic E-state index is 6.04. The highest BCUT2D eigenvalue weighted by Crippen LogP contribution is 2.13. The minimum atomic E-state index is -0.0131. The average Bonchev–Trinajstić information content (AvgIpc) is 2.03. The van der Waals surface area contributed by atoms with Gasteiger partial charge in [0.15, 0.2) is 0 Å². The van der Waals surface area contributed by atoms with Gasteiger partial charge in [-0.1, -0.05) is 0 Å². The highest BCUT2D eigenvalue weighted by atomic mass is 35.5. The van der Waals surface area contributed by atoms with Crippen LogP contribution in [-0.2, 0) is 0 Å². The lowest BCUT2D eigenvalue weighted by molar-refractivity contribution is 0.538. The van der Waals surface area contributed by atoms with Crippen LogP contribution in [0, 0.1) is 0 Å². The van der Waals surface area contributed by atoms with E-state index in [0.29, 0.717) is 6.54 Å². The van der Waals surface area contributed by atoms with Crippen molar-refractivity contribution < 1.29 is 0 Å². The van der Waals surface area contributed by atoms with E-state index in [1.54, 1.807) is 0 Å². The van der Waals surface area contributed by atoms with Gasteiger partial charge in [-0.3, -0.25) is 0 Å². The quantitative estimate of drug-likeness (QED) is 0.541. The summed E-state index contributed by atoms with van der Waals surface area (Å²) in [6.45, 7) is 2.60. The predicted molar refractivity (Wildman–Crippen MR) is 56.3 cm³/mol. The Hall–Kier alpha value is 0.790. The zero-order valence-electron chi connectivity index (χ0n) is 7.28. The summed E-state index contributed by atoms with van der Waals surface area (Å²) < 4.78 is 0. The fourth-order valence-electron chi connectivity index (χ4n) is 0.796. The summed E-state index contributed by atoms with van der Waals surface area (Å²) in [5.74, 6) is 0. The molecule has 0 fully saturated rings. The van der Waals surface area contributed by atoms with Gasteiger partial charge in [0.05, 0.1) is 5.38 Å². The van der Waals surface area contributed by atoms with Crippen molar-refractivity contribution in [3.8, 4) is 0 Å². The van der Waals surface area contributed by atoms with E-state index in [0.717, 1.165) is 6.42 Å². The molecule has 0 saturated carbocycles. The summed E-state index contributed by atoms with van der Waals surface area (Å²) >= 11 is 17.3. The fourth-order valence-corrected chi connectivity index (χ4v) is 1.76. The van der Waals surface area contributed by atoms with Crippen molar-refractivity contribution in [1.29, 1.82) is 0 Å². The van der Waals surface area contributed by atoms with Crippen molar-refractivity contribution in [3.63, 3.8) is 0 Å². The third kappa shape index (κ3) is 5.44. The first kappa shape index (κ1) is 12.8. The van der Waals surface area contributed by atoms with Crippen LogP contribution < -0.4 is 10.2 Å². The lowest BCUT2D eigenvalue weighted by atomic mass is 10.1. The number of nitrogens with one attached hydrogen (secondary N) is 2. The molecule has 0 spiro atoms. The number of hydrogen-bond acceptors (Lipinski definition) is 2. The summed E-state index contributed by atoms with van der Waals surface area (Å²) in [6.07, 6.45) is 0.741. The average molecular weight is 234 g/mol. The SMILES string of the molecule is CNC(C)C(Cl)CC(Cl)CNCl.